The molecule has 0 saturated carbocycles. The number of rotatable bonds is 10. The van der Waals surface area contributed by atoms with E-state index in [1.165, 1.54) is 6.92 Å². The van der Waals surface area contributed by atoms with Crippen LogP contribution in [0.2, 0.25) is 0 Å². The third kappa shape index (κ3) is 6.00. The summed E-state index contributed by atoms with van der Waals surface area (Å²) >= 11 is 0. The van der Waals surface area contributed by atoms with Gasteiger partial charge in [0, 0.05) is 31.4 Å². The standard InChI is InChI=1S/C26H34FN5O4/c1-15(27)22-24(23-16(2)32-36-17(23)3)30-25(31-26(22)29-19-8-10-34-11-9-19)18-6-5-7-21(12-18)35-14-20(33)13-28-4/h5-7,12,15,19-20,28,33H,8-11,13-14H2,1-4H3,(H,29,30,31). The smallest absolute Gasteiger partial charge is 0.162 e. The highest BCUT2D eigenvalue weighted by Gasteiger charge is 2.27. The van der Waals surface area contributed by atoms with E-state index in [4.69, 9.17) is 24.0 Å². The molecule has 1 fully saturated rings. The minimum Gasteiger partial charge on any atom is -0.491 e. The number of hydrogen-bond donors (Lipinski definition) is 3. The van der Waals surface area contributed by atoms with E-state index in [9.17, 15) is 5.11 Å². The number of benzene rings is 1. The average Bonchev–Trinajstić information content (AvgIpc) is 3.20. The van der Waals surface area contributed by atoms with E-state index in [1.807, 2.05) is 31.2 Å². The van der Waals surface area contributed by atoms with Crippen LogP contribution in [0.3, 0.4) is 0 Å². The van der Waals surface area contributed by atoms with Crippen molar-refractivity contribution in [2.75, 3.05) is 38.7 Å². The average molecular weight is 500 g/mol. The fourth-order valence-corrected chi connectivity index (χ4v) is 4.34. The van der Waals surface area contributed by atoms with Crippen LogP contribution in [0.15, 0.2) is 28.8 Å². The highest BCUT2D eigenvalue weighted by Crippen LogP contribution is 2.39. The fraction of sp³-hybridized carbons (Fsp3) is 0.500. The van der Waals surface area contributed by atoms with Gasteiger partial charge in [0.1, 0.15) is 36.2 Å². The number of aryl methyl sites for hydroxylation is 2. The molecule has 1 saturated heterocycles. The van der Waals surface area contributed by atoms with E-state index in [2.05, 4.69) is 15.8 Å². The fourth-order valence-electron chi connectivity index (χ4n) is 4.34. The molecule has 1 aliphatic heterocycles. The maximum absolute atomic E-state index is 15.2. The Balaban J connectivity index is 1.78. The number of likely N-dealkylation sites (N-methyl/N-ethyl adjacent to an activating group) is 1. The van der Waals surface area contributed by atoms with E-state index in [1.54, 1.807) is 14.0 Å². The van der Waals surface area contributed by atoms with Crippen molar-refractivity contribution in [2.45, 2.75) is 51.9 Å². The van der Waals surface area contributed by atoms with E-state index in [0.29, 0.717) is 71.0 Å². The monoisotopic (exact) mass is 499 g/mol. The minimum absolute atomic E-state index is 0.111. The van der Waals surface area contributed by atoms with Gasteiger partial charge in [-0.25, -0.2) is 14.4 Å². The maximum Gasteiger partial charge on any atom is 0.162 e. The van der Waals surface area contributed by atoms with Gasteiger partial charge in [-0.2, -0.15) is 0 Å². The molecule has 2 aromatic heterocycles. The lowest BCUT2D eigenvalue weighted by Gasteiger charge is -2.26. The van der Waals surface area contributed by atoms with Crippen molar-refractivity contribution in [3.63, 3.8) is 0 Å². The normalized spacial score (nSPS) is 16.1. The first-order valence-electron chi connectivity index (χ1n) is 12.3. The number of anilines is 1. The molecular weight excluding hydrogens is 465 g/mol. The van der Waals surface area contributed by atoms with Crippen molar-refractivity contribution in [3.05, 3.63) is 41.3 Å². The number of hydrogen-bond acceptors (Lipinski definition) is 9. The molecule has 36 heavy (non-hydrogen) atoms. The second kappa shape index (κ2) is 11.8. The zero-order chi connectivity index (χ0) is 25.7. The Hall–Kier alpha value is -3.08. The molecular formula is C26H34FN5O4. The van der Waals surface area contributed by atoms with Crippen LogP contribution in [-0.2, 0) is 4.74 Å². The molecule has 0 radical (unpaired) electrons. The molecule has 3 aromatic rings. The van der Waals surface area contributed by atoms with Crippen LogP contribution in [0.5, 0.6) is 5.75 Å². The Morgan fingerprint density at radius 2 is 2.00 bits per heavy atom. The molecule has 0 bridgehead atoms. The third-order valence-corrected chi connectivity index (χ3v) is 6.15. The predicted molar refractivity (Wildman–Crippen MR) is 135 cm³/mol. The highest BCUT2D eigenvalue weighted by molar-refractivity contribution is 5.75. The number of nitrogens with zero attached hydrogens (tertiary/aromatic N) is 3. The number of aromatic nitrogens is 3. The first-order chi connectivity index (χ1) is 17.4. The molecule has 9 nitrogen and oxygen atoms in total. The predicted octanol–water partition coefficient (Wildman–Crippen LogP) is 4.00. The van der Waals surface area contributed by atoms with Crippen LogP contribution < -0.4 is 15.4 Å². The molecule has 1 aromatic carbocycles. The van der Waals surface area contributed by atoms with Crippen LogP contribution >= 0.6 is 0 Å². The van der Waals surface area contributed by atoms with Gasteiger partial charge in [-0.05, 0) is 52.8 Å². The van der Waals surface area contributed by atoms with Crippen molar-refractivity contribution in [1.29, 1.82) is 0 Å². The second-order valence-electron chi connectivity index (χ2n) is 9.05. The van der Waals surface area contributed by atoms with Crippen molar-refractivity contribution in [1.82, 2.24) is 20.4 Å². The van der Waals surface area contributed by atoms with Crippen LogP contribution in [0, 0.1) is 13.8 Å². The zero-order valence-electron chi connectivity index (χ0n) is 21.2. The molecule has 2 unspecified atom stereocenters. The number of alkyl halides is 1. The first kappa shape index (κ1) is 26.0. The summed E-state index contributed by atoms with van der Waals surface area (Å²) in [6.07, 6.45) is -0.355. The molecule has 0 spiro atoms. The third-order valence-electron chi connectivity index (χ3n) is 6.15. The van der Waals surface area contributed by atoms with Gasteiger partial charge in [-0.3, -0.25) is 0 Å². The summed E-state index contributed by atoms with van der Waals surface area (Å²) in [5.41, 5.74) is 2.83. The molecule has 194 valence electrons. The lowest BCUT2D eigenvalue weighted by Crippen LogP contribution is -2.29. The summed E-state index contributed by atoms with van der Waals surface area (Å²) in [6, 6.07) is 7.45. The lowest BCUT2D eigenvalue weighted by molar-refractivity contribution is 0.0903. The Morgan fingerprint density at radius 3 is 2.67 bits per heavy atom. The van der Waals surface area contributed by atoms with Gasteiger partial charge in [0.25, 0.3) is 0 Å². The molecule has 0 amide bonds. The summed E-state index contributed by atoms with van der Waals surface area (Å²) in [6.45, 7) is 6.95. The van der Waals surface area contributed by atoms with Gasteiger partial charge in [0.2, 0.25) is 0 Å². The molecule has 3 heterocycles. The van der Waals surface area contributed by atoms with Crippen molar-refractivity contribution >= 4 is 5.82 Å². The Labute approximate surface area is 210 Å². The number of halogens is 1. The van der Waals surface area contributed by atoms with Crippen molar-refractivity contribution in [2.24, 2.45) is 0 Å². The van der Waals surface area contributed by atoms with Gasteiger partial charge in [-0.15, -0.1) is 0 Å². The van der Waals surface area contributed by atoms with E-state index >= 15 is 4.39 Å². The van der Waals surface area contributed by atoms with E-state index < -0.39 is 12.3 Å². The molecule has 3 N–H and O–H groups in total. The lowest BCUT2D eigenvalue weighted by atomic mass is 10.0. The van der Waals surface area contributed by atoms with Crippen LogP contribution in [0.4, 0.5) is 10.2 Å². The number of aliphatic hydroxyl groups is 1. The van der Waals surface area contributed by atoms with Crippen molar-refractivity contribution < 1.29 is 23.5 Å². The quantitative estimate of drug-likeness (QED) is 0.381. The second-order valence-corrected chi connectivity index (χ2v) is 9.05. The SMILES string of the molecule is CNCC(O)COc1cccc(-c2nc(NC3CCOCC3)c(C(C)F)c(-c3c(C)noc3C)n2)c1. The summed E-state index contributed by atoms with van der Waals surface area (Å²) in [5, 5.41) is 20.4. The van der Waals surface area contributed by atoms with Gasteiger partial charge >= 0.3 is 0 Å². The Kier molecular flexibility index (Phi) is 8.50. The molecule has 2 atom stereocenters. The molecule has 0 aliphatic carbocycles. The maximum atomic E-state index is 15.2. The number of aliphatic hydroxyl groups excluding tert-OH is 1. The number of nitrogens with one attached hydrogen (secondary N) is 2. The molecule has 1 aliphatic rings. The zero-order valence-corrected chi connectivity index (χ0v) is 21.2. The topological polar surface area (TPSA) is 115 Å². The first-order valence-corrected chi connectivity index (χ1v) is 12.3. The molecule has 10 heteroatoms. The van der Waals surface area contributed by atoms with Crippen LogP contribution in [-0.4, -0.2) is 65.8 Å². The Bertz CT molecular complexity index is 1140. The minimum atomic E-state index is -1.33. The molecule has 4 rings (SSSR count). The van der Waals surface area contributed by atoms with Gasteiger partial charge in [0.05, 0.1) is 22.5 Å². The van der Waals surface area contributed by atoms with Crippen molar-refractivity contribution in [3.8, 4) is 28.4 Å². The van der Waals surface area contributed by atoms with Gasteiger partial charge in [0.15, 0.2) is 5.82 Å². The number of ether oxygens (including phenoxy) is 2. The highest BCUT2D eigenvalue weighted by atomic mass is 19.1. The van der Waals surface area contributed by atoms with E-state index in [-0.39, 0.29) is 12.6 Å². The Morgan fingerprint density at radius 1 is 1.22 bits per heavy atom. The summed E-state index contributed by atoms with van der Waals surface area (Å²) < 4.78 is 31.8. The van der Waals surface area contributed by atoms with E-state index in [0.717, 1.165) is 12.8 Å². The largest absolute Gasteiger partial charge is 0.491 e. The summed E-state index contributed by atoms with van der Waals surface area (Å²) in [7, 11) is 1.77. The summed E-state index contributed by atoms with van der Waals surface area (Å²) in [4.78, 5) is 9.60. The summed E-state index contributed by atoms with van der Waals surface area (Å²) in [5.74, 6) is 2.01. The van der Waals surface area contributed by atoms with Crippen LogP contribution in [0.1, 0.15) is 43.0 Å². The van der Waals surface area contributed by atoms with Gasteiger partial charge in [-0.1, -0.05) is 17.3 Å². The van der Waals surface area contributed by atoms with Crippen LogP contribution in [0.25, 0.3) is 22.6 Å². The van der Waals surface area contributed by atoms with Gasteiger partial charge < -0.3 is 29.7 Å².